The molecular formula is C12H32N3P. The van der Waals surface area contributed by atoms with Crippen LogP contribution in [0, 0.1) is 0 Å². The molecule has 4 heteroatoms. The maximum absolute atomic E-state index is 2.23. The minimum Gasteiger partial charge on any atom is -0.264 e. The highest BCUT2D eigenvalue weighted by Gasteiger charge is 2.15. The molecule has 100 valence electrons. The van der Waals surface area contributed by atoms with Gasteiger partial charge >= 0.3 is 0 Å². The Labute approximate surface area is 105 Å². The van der Waals surface area contributed by atoms with Gasteiger partial charge in [0.1, 0.15) is 8.37 Å². The number of hydrogen-bond donors (Lipinski definition) is 0. The summed E-state index contributed by atoms with van der Waals surface area (Å²) in [4.78, 5) is 0. The van der Waals surface area contributed by atoms with Crippen molar-refractivity contribution in [3.8, 4) is 0 Å². The van der Waals surface area contributed by atoms with E-state index in [2.05, 4.69) is 70.1 Å². The fourth-order valence-electron chi connectivity index (χ4n) is 1.57. The maximum atomic E-state index is 2.23. The number of rotatable bonds is 6. The number of hydrogen-bond acceptors (Lipinski definition) is 3. The molecule has 0 aliphatic carbocycles. The molecule has 0 saturated heterocycles. The topological polar surface area (TPSA) is 9.72 Å². The van der Waals surface area contributed by atoms with Crippen molar-refractivity contribution in [1.82, 2.24) is 14.0 Å². The maximum Gasteiger partial charge on any atom is 0.118 e. The first-order valence-corrected chi connectivity index (χ1v) is 7.40. The van der Waals surface area contributed by atoms with Gasteiger partial charge in [-0.05, 0) is 42.3 Å². The van der Waals surface area contributed by atoms with Gasteiger partial charge in [-0.3, -0.25) is 14.0 Å². The van der Waals surface area contributed by atoms with Crippen LogP contribution in [-0.4, -0.2) is 56.3 Å². The fraction of sp³-hybridized carbons (Fsp3) is 1.00. The molecule has 0 bridgehead atoms. The highest BCUT2D eigenvalue weighted by atomic mass is 31.2. The van der Waals surface area contributed by atoms with Crippen molar-refractivity contribution >= 4 is 8.37 Å². The first kappa shape index (κ1) is 18.7. The molecule has 0 unspecified atom stereocenters. The first-order valence-electron chi connectivity index (χ1n) is 6.20. The minimum absolute atomic E-state index is 0.238. The van der Waals surface area contributed by atoms with E-state index in [9.17, 15) is 0 Å². The van der Waals surface area contributed by atoms with E-state index < -0.39 is 0 Å². The van der Waals surface area contributed by atoms with Crippen LogP contribution in [0.25, 0.3) is 0 Å². The van der Waals surface area contributed by atoms with Crippen LogP contribution in [0.2, 0.25) is 0 Å². The van der Waals surface area contributed by atoms with Crippen LogP contribution in [0.15, 0.2) is 0 Å². The Morgan fingerprint density at radius 2 is 0.875 bits per heavy atom. The monoisotopic (exact) mass is 249 g/mol. The van der Waals surface area contributed by atoms with Crippen LogP contribution < -0.4 is 0 Å². The van der Waals surface area contributed by atoms with Crippen molar-refractivity contribution in [3.63, 3.8) is 0 Å². The van der Waals surface area contributed by atoms with Crippen LogP contribution in [0.4, 0.5) is 0 Å². The van der Waals surface area contributed by atoms with Crippen molar-refractivity contribution in [2.45, 2.75) is 39.5 Å². The molecule has 0 aromatic heterocycles. The van der Waals surface area contributed by atoms with Gasteiger partial charge in [0, 0.05) is 0 Å². The highest BCUT2D eigenvalue weighted by Crippen LogP contribution is 2.40. The van der Waals surface area contributed by atoms with Gasteiger partial charge in [0.2, 0.25) is 0 Å². The van der Waals surface area contributed by atoms with E-state index in [-0.39, 0.29) is 8.37 Å². The van der Waals surface area contributed by atoms with E-state index in [1.165, 1.54) is 25.7 Å². The quantitative estimate of drug-likeness (QED) is 0.527. The Morgan fingerprint density at radius 3 is 0.938 bits per heavy atom. The van der Waals surface area contributed by atoms with Gasteiger partial charge < -0.3 is 0 Å². The smallest absolute Gasteiger partial charge is 0.118 e. The lowest BCUT2D eigenvalue weighted by molar-refractivity contribution is 0.490. The third-order valence-electron chi connectivity index (χ3n) is 2.03. The average Bonchev–Trinajstić information content (AvgIpc) is 2.13. The second-order valence-corrected chi connectivity index (χ2v) is 7.45. The molecule has 0 aromatic rings. The second-order valence-electron chi connectivity index (χ2n) is 4.52. The Hall–Kier alpha value is 0.310. The summed E-state index contributed by atoms with van der Waals surface area (Å²) in [7, 11) is 12.4. The molecule has 0 fully saturated rings. The molecule has 0 atom stereocenters. The summed E-state index contributed by atoms with van der Waals surface area (Å²) < 4.78 is 6.69. The van der Waals surface area contributed by atoms with Gasteiger partial charge in [-0.25, -0.2) is 0 Å². The van der Waals surface area contributed by atoms with Crippen LogP contribution in [0.5, 0.6) is 0 Å². The molecule has 0 amide bonds. The summed E-state index contributed by atoms with van der Waals surface area (Å²) in [5.41, 5.74) is 0. The van der Waals surface area contributed by atoms with E-state index in [0.29, 0.717) is 0 Å². The Balaban J connectivity index is 0. The Kier molecular flexibility index (Phi) is 13.8. The molecule has 0 aliphatic rings. The van der Waals surface area contributed by atoms with Gasteiger partial charge in [-0.1, -0.05) is 39.5 Å². The fourth-order valence-corrected chi connectivity index (χ4v) is 3.72. The summed E-state index contributed by atoms with van der Waals surface area (Å²) in [5.74, 6) is 0. The minimum atomic E-state index is -0.238. The van der Waals surface area contributed by atoms with Gasteiger partial charge in [0.05, 0.1) is 0 Å². The Bertz CT molecular complexity index is 115. The van der Waals surface area contributed by atoms with E-state index in [1.54, 1.807) is 0 Å². The van der Waals surface area contributed by atoms with Crippen molar-refractivity contribution in [2.24, 2.45) is 0 Å². The predicted octanol–water partition coefficient (Wildman–Crippen LogP) is 3.48. The molecule has 3 nitrogen and oxygen atoms in total. The largest absolute Gasteiger partial charge is 0.264 e. The van der Waals surface area contributed by atoms with E-state index in [0.717, 1.165) is 0 Å². The lowest BCUT2D eigenvalue weighted by Gasteiger charge is -2.34. The average molecular weight is 249 g/mol. The summed E-state index contributed by atoms with van der Waals surface area (Å²) >= 11 is 0. The van der Waals surface area contributed by atoms with Gasteiger partial charge in [0.15, 0.2) is 0 Å². The predicted molar refractivity (Wildman–Crippen MR) is 77.8 cm³/mol. The second kappa shape index (κ2) is 11.8. The van der Waals surface area contributed by atoms with E-state index >= 15 is 0 Å². The molecule has 16 heavy (non-hydrogen) atoms. The molecule has 0 rings (SSSR count). The van der Waals surface area contributed by atoms with Crippen molar-refractivity contribution < 1.29 is 0 Å². The van der Waals surface area contributed by atoms with Crippen LogP contribution in [0.1, 0.15) is 39.5 Å². The standard InChI is InChI=1S/C6H18N3P.C6H14/c1-7(2)10(8(3)4)9(5)6;1-3-5-6-4-2/h1-6H3;3-6H2,1-2H3. The molecule has 0 saturated carbocycles. The lowest BCUT2D eigenvalue weighted by atomic mass is 10.2. The summed E-state index contributed by atoms with van der Waals surface area (Å²) in [6, 6.07) is 0. The molecule has 0 aromatic carbocycles. The number of unbranched alkanes of at least 4 members (excludes halogenated alkanes) is 3. The van der Waals surface area contributed by atoms with Gasteiger partial charge in [-0.15, -0.1) is 0 Å². The SMILES string of the molecule is CCCCCC.CN(C)P(N(C)C)N(C)C. The van der Waals surface area contributed by atoms with Crippen LogP contribution >= 0.6 is 8.37 Å². The zero-order valence-corrected chi connectivity index (χ0v) is 13.5. The van der Waals surface area contributed by atoms with E-state index in [4.69, 9.17) is 0 Å². The Morgan fingerprint density at radius 1 is 0.625 bits per heavy atom. The molecule has 0 radical (unpaired) electrons. The van der Waals surface area contributed by atoms with Crippen LogP contribution in [-0.2, 0) is 0 Å². The number of nitrogens with zero attached hydrogens (tertiary/aromatic N) is 3. The van der Waals surface area contributed by atoms with Gasteiger partial charge in [-0.2, -0.15) is 0 Å². The normalized spacial score (nSPS) is 11.2. The summed E-state index contributed by atoms with van der Waals surface area (Å²) in [5, 5.41) is 0. The molecule has 0 N–H and O–H groups in total. The van der Waals surface area contributed by atoms with Crippen molar-refractivity contribution in [2.75, 3.05) is 42.3 Å². The zero-order valence-electron chi connectivity index (χ0n) is 12.6. The molecule has 0 heterocycles. The van der Waals surface area contributed by atoms with Gasteiger partial charge in [0.25, 0.3) is 0 Å². The third kappa shape index (κ3) is 10.8. The highest BCUT2D eigenvalue weighted by molar-refractivity contribution is 7.49. The van der Waals surface area contributed by atoms with E-state index in [1.807, 2.05) is 0 Å². The zero-order chi connectivity index (χ0) is 13.1. The third-order valence-corrected chi connectivity index (χ3v) is 4.18. The lowest BCUT2D eigenvalue weighted by Crippen LogP contribution is -2.25. The summed E-state index contributed by atoms with van der Waals surface area (Å²) in [6.45, 7) is 4.46. The first-order chi connectivity index (χ1) is 7.38. The molecule has 0 spiro atoms. The molecule has 0 aliphatic heterocycles. The summed E-state index contributed by atoms with van der Waals surface area (Å²) in [6.07, 6.45) is 5.54. The molecular weight excluding hydrogens is 217 g/mol. The van der Waals surface area contributed by atoms with Crippen molar-refractivity contribution in [1.29, 1.82) is 0 Å². The van der Waals surface area contributed by atoms with Crippen molar-refractivity contribution in [3.05, 3.63) is 0 Å². The van der Waals surface area contributed by atoms with Crippen LogP contribution in [0.3, 0.4) is 0 Å².